The Kier molecular flexibility index (Phi) is 9.93. The molecule has 3 rings (SSSR count). The number of guanidine groups is 1. The van der Waals surface area contributed by atoms with Gasteiger partial charge in [-0.2, -0.15) is 0 Å². The molecule has 2 aromatic rings. The largest absolute Gasteiger partial charge is 0.356 e. The van der Waals surface area contributed by atoms with E-state index < -0.39 is 0 Å². The SMILES string of the molecule is CN=C(NCc1cccc(C(=O)N2CCCCC2)c1)NCC(C)c1cccs1.I. The molecule has 2 heterocycles. The lowest BCUT2D eigenvalue weighted by Crippen LogP contribution is -2.38. The number of halogens is 1. The zero-order valence-corrected chi connectivity index (χ0v) is 20.3. The van der Waals surface area contributed by atoms with Crippen LogP contribution in [0.25, 0.3) is 0 Å². The minimum absolute atomic E-state index is 0. The number of carbonyl (C=O) groups excluding carboxylic acids is 1. The fourth-order valence-electron chi connectivity index (χ4n) is 3.42. The molecular weight excluding hydrogens is 495 g/mol. The molecule has 1 saturated heterocycles. The zero-order valence-electron chi connectivity index (χ0n) is 17.2. The minimum atomic E-state index is 0. The van der Waals surface area contributed by atoms with Crippen molar-refractivity contribution >= 4 is 47.2 Å². The van der Waals surface area contributed by atoms with Crippen molar-refractivity contribution in [3.8, 4) is 0 Å². The predicted octanol–water partition coefficient (Wildman–Crippen LogP) is 4.46. The van der Waals surface area contributed by atoms with Crippen LogP contribution in [0.4, 0.5) is 0 Å². The monoisotopic (exact) mass is 526 g/mol. The van der Waals surface area contributed by atoms with Crippen LogP contribution in [-0.2, 0) is 6.54 Å². The summed E-state index contributed by atoms with van der Waals surface area (Å²) in [5.41, 5.74) is 1.85. The second kappa shape index (κ2) is 12.2. The van der Waals surface area contributed by atoms with Gasteiger partial charge in [0.15, 0.2) is 5.96 Å². The van der Waals surface area contributed by atoms with E-state index in [0.29, 0.717) is 12.5 Å². The number of carbonyl (C=O) groups is 1. The average Bonchev–Trinajstić information content (AvgIpc) is 3.29. The molecule has 0 radical (unpaired) electrons. The number of nitrogens with one attached hydrogen (secondary N) is 2. The van der Waals surface area contributed by atoms with Crippen LogP contribution in [0.2, 0.25) is 0 Å². The van der Waals surface area contributed by atoms with E-state index in [4.69, 9.17) is 0 Å². The second-order valence-electron chi connectivity index (χ2n) is 7.28. The van der Waals surface area contributed by atoms with Gasteiger partial charge in [0.05, 0.1) is 0 Å². The van der Waals surface area contributed by atoms with Gasteiger partial charge in [-0.1, -0.05) is 25.1 Å². The van der Waals surface area contributed by atoms with Crippen molar-refractivity contribution in [1.29, 1.82) is 0 Å². The van der Waals surface area contributed by atoms with Gasteiger partial charge in [-0.3, -0.25) is 9.79 Å². The van der Waals surface area contributed by atoms with Crippen LogP contribution in [-0.4, -0.2) is 43.4 Å². The van der Waals surface area contributed by atoms with E-state index in [9.17, 15) is 4.79 Å². The molecule has 29 heavy (non-hydrogen) atoms. The molecule has 2 N–H and O–H groups in total. The first-order valence-corrected chi connectivity index (χ1v) is 10.9. The summed E-state index contributed by atoms with van der Waals surface area (Å²) in [7, 11) is 1.78. The highest BCUT2D eigenvalue weighted by Gasteiger charge is 2.18. The number of nitrogens with zero attached hydrogens (tertiary/aromatic N) is 2. The summed E-state index contributed by atoms with van der Waals surface area (Å²) in [6.07, 6.45) is 3.45. The summed E-state index contributed by atoms with van der Waals surface area (Å²) in [6.45, 7) is 5.42. The molecule has 1 aliphatic rings. The van der Waals surface area contributed by atoms with Gasteiger partial charge in [0.2, 0.25) is 0 Å². The summed E-state index contributed by atoms with van der Waals surface area (Å²) in [6, 6.07) is 12.2. The van der Waals surface area contributed by atoms with Crippen LogP contribution in [0, 0.1) is 0 Å². The van der Waals surface area contributed by atoms with E-state index in [1.165, 1.54) is 11.3 Å². The van der Waals surface area contributed by atoms with Crippen LogP contribution in [0.5, 0.6) is 0 Å². The number of piperidine rings is 1. The van der Waals surface area contributed by atoms with E-state index in [-0.39, 0.29) is 29.9 Å². The highest BCUT2D eigenvalue weighted by molar-refractivity contribution is 14.0. The maximum atomic E-state index is 12.7. The summed E-state index contributed by atoms with van der Waals surface area (Å²) in [5, 5.41) is 8.84. The molecular formula is C22H31IN4OS. The quantitative estimate of drug-likeness (QED) is 0.332. The van der Waals surface area contributed by atoms with Crippen LogP contribution in [0.3, 0.4) is 0 Å². The van der Waals surface area contributed by atoms with E-state index >= 15 is 0 Å². The Bertz CT molecular complexity index is 788. The molecule has 1 unspecified atom stereocenters. The Morgan fingerprint density at radius 1 is 1.17 bits per heavy atom. The lowest BCUT2D eigenvalue weighted by atomic mass is 10.1. The number of hydrogen-bond donors (Lipinski definition) is 2. The summed E-state index contributed by atoms with van der Waals surface area (Å²) in [4.78, 5) is 20.4. The summed E-state index contributed by atoms with van der Waals surface area (Å²) >= 11 is 1.78. The normalized spacial score (nSPS) is 15.4. The van der Waals surface area contributed by atoms with E-state index in [1.807, 2.05) is 29.2 Å². The van der Waals surface area contributed by atoms with Crippen molar-refractivity contribution in [1.82, 2.24) is 15.5 Å². The molecule has 0 aliphatic carbocycles. The van der Waals surface area contributed by atoms with E-state index in [1.54, 1.807) is 18.4 Å². The van der Waals surface area contributed by atoms with Crippen LogP contribution in [0.1, 0.15) is 52.9 Å². The molecule has 1 atom stereocenters. The van der Waals surface area contributed by atoms with Crippen molar-refractivity contribution in [2.75, 3.05) is 26.7 Å². The Labute approximate surface area is 195 Å². The Hall–Kier alpha value is -1.61. The molecule has 1 amide bonds. The van der Waals surface area contributed by atoms with Crippen LogP contribution >= 0.6 is 35.3 Å². The lowest BCUT2D eigenvalue weighted by Gasteiger charge is -2.26. The molecule has 5 nitrogen and oxygen atoms in total. The molecule has 0 bridgehead atoms. The number of rotatable bonds is 6. The topological polar surface area (TPSA) is 56.7 Å². The van der Waals surface area contributed by atoms with Gasteiger partial charge in [0.25, 0.3) is 5.91 Å². The highest BCUT2D eigenvalue weighted by Crippen LogP contribution is 2.19. The molecule has 158 valence electrons. The van der Waals surface area contributed by atoms with Crippen molar-refractivity contribution in [3.63, 3.8) is 0 Å². The maximum Gasteiger partial charge on any atom is 0.253 e. The second-order valence-corrected chi connectivity index (χ2v) is 8.26. The van der Waals surface area contributed by atoms with Crippen molar-refractivity contribution in [2.45, 2.75) is 38.6 Å². The fraction of sp³-hybridized carbons (Fsp3) is 0.455. The van der Waals surface area contributed by atoms with Crippen molar-refractivity contribution in [3.05, 3.63) is 57.8 Å². The number of amides is 1. The fourth-order valence-corrected chi connectivity index (χ4v) is 4.21. The molecule has 1 fully saturated rings. The average molecular weight is 526 g/mol. The van der Waals surface area contributed by atoms with Gasteiger partial charge in [-0.25, -0.2) is 0 Å². The molecule has 0 saturated carbocycles. The van der Waals surface area contributed by atoms with Crippen LogP contribution < -0.4 is 10.6 Å². The first-order chi connectivity index (χ1) is 13.7. The van der Waals surface area contributed by atoms with E-state index in [2.05, 4.69) is 40.1 Å². The van der Waals surface area contributed by atoms with Crippen LogP contribution in [0.15, 0.2) is 46.8 Å². The Balaban J connectivity index is 0.00000300. The molecule has 1 aromatic carbocycles. The third kappa shape index (κ3) is 6.99. The number of benzene rings is 1. The Morgan fingerprint density at radius 3 is 2.66 bits per heavy atom. The summed E-state index contributed by atoms with van der Waals surface area (Å²) < 4.78 is 0. The van der Waals surface area contributed by atoms with Gasteiger partial charge in [0.1, 0.15) is 0 Å². The third-order valence-corrected chi connectivity index (χ3v) is 6.21. The predicted molar refractivity (Wildman–Crippen MR) is 133 cm³/mol. The lowest BCUT2D eigenvalue weighted by molar-refractivity contribution is 0.0724. The number of aliphatic imine (C=N–C) groups is 1. The number of hydrogen-bond acceptors (Lipinski definition) is 3. The van der Waals surface area contributed by atoms with E-state index in [0.717, 1.165) is 49.6 Å². The standard InChI is InChI=1S/C22H30N4OS.HI/c1-17(20-10-7-13-28-20)15-24-22(23-2)25-16-18-8-6-9-19(14-18)21(27)26-11-4-3-5-12-26;/h6-10,13-14,17H,3-5,11-12,15-16H2,1-2H3,(H2,23,24,25);1H. The van der Waals surface area contributed by atoms with Gasteiger partial charge in [0, 0.05) is 49.6 Å². The van der Waals surface area contributed by atoms with Gasteiger partial charge in [-0.15, -0.1) is 35.3 Å². The van der Waals surface area contributed by atoms with Crippen molar-refractivity contribution in [2.24, 2.45) is 4.99 Å². The minimum Gasteiger partial charge on any atom is -0.356 e. The highest BCUT2D eigenvalue weighted by atomic mass is 127. The Morgan fingerprint density at radius 2 is 1.97 bits per heavy atom. The molecule has 0 spiro atoms. The van der Waals surface area contributed by atoms with Gasteiger partial charge in [-0.05, 0) is 48.4 Å². The zero-order chi connectivity index (χ0) is 19.8. The maximum absolute atomic E-state index is 12.7. The molecule has 7 heteroatoms. The number of thiophene rings is 1. The van der Waals surface area contributed by atoms with Crippen molar-refractivity contribution < 1.29 is 4.79 Å². The molecule has 1 aliphatic heterocycles. The first kappa shape index (κ1) is 23.7. The first-order valence-electron chi connectivity index (χ1n) is 10.0. The third-order valence-electron chi connectivity index (χ3n) is 5.11. The van der Waals surface area contributed by atoms with Gasteiger partial charge < -0.3 is 15.5 Å². The smallest absolute Gasteiger partial charge is 0.253 e. The summed E-state index contributed by atoms with van der Waals surface area (Å²) in [5.74, 6) is 1.36. The van der Waals surface area contributed by atoms with Gasteiger partial charge >= 0.3 is 0 Å². The molecule has 1 aromatic heterocycles. The number of likely N-dealkylation sites (tertiary alicyclic amines) is 1.